The van der Waals surface area contributed by atoms with E-state index in [1.54, 1.807) is 30.3 Å². The SMILES string of the molecule is COC(=O)c1ccc(NCC2CCCO2)c(S(=O)(=O)Nc2ccc(Cl)cc2)c1. The van der Waals surface area contributed by atoms with Gasteiger partial charge in [0.1, 0.15) is 4.90 Å². The summed E-state index contributed by atoms with van der Waals surface area (Å²) in [5.74, 6) is -0.617. The fraction of sp³-hybridized carbons (Fsp3) is 0.316. The molecule has 1 unspecified atom stereocenters. The van der Waals surface area contributed by atoms with E-state index in [2.05, 4.69) is 10.0 Å². The van der Waals surface area contributed by atoms with Crippen molar-refractivity contribution in [3.8, 4) is 0 Å². The maximum Gasteiger partial charge on any atom is 0.337 e. The summed E-state index contributed by atoms with van der Waals surface area (Å²) in [6.07, 6.45) is 1.93. The highest BCUT2D eigenvalue weighted by molar-refractivity contribution is 7.92. The number of rotatable bonds is 7. The van der Waals surface area contributed by atoms with Crippen LogP contribution < -0.4 is 10.0 Å². The van der Waals surface area contributed by atoms with Gasteiger partial charge in [0.15, 0.2) is 0 Å². The monoisotopic (exact) mass is 424 g/mol. The molecule has 1 aliphatic heterocycles. The first-order valence-electron chi connectivity index (χ1n) is 8.75. The molecular formula is C19H21ClN2O5S. The highest BCUT2D eigenvalue weighted by atomic mass is 35.5. The minimum atomic E-state index is -3.97. The van der Waals surface area contributed by atoms with Gasteiger partial charge in [-0.1, -0.05) is 11.6 Å². The van der Waals surface area contributed by atoms with E-state index in [-0.39, 0.29) is 16.6 Å². The summed E-state index contributed by atoms with van der Waals surface area (Å²) in [4.78, 5) is 11.8. The fourth-order valence-electron chi connectivity index (χ4n) is 2.89. The van der Waals surface area contributed by atoms with Crippen molar-refractivity contribution < 1.29 is 22.7 Å². The van der Waals surface area contributed by atoms with E-state index in [0.717, 1.165) is 12.8 Å². The number of hydrogen-bond acceptors (Lipinski definition) is 6. The van der Waals surface area contributed by atoms with Crippen LogP contribution in [0.3, 0.4) is 0 Å². The molecule has 2 aromatic carbocycles. The number of sulfonamides is 1. The van der Waals surface area contributed by atoms with Crippen LogP contribution in [0.1, 0.15) is 23.2 Å². The lowest BCUT2D eigenvalue weighted by Gasteiger charge is -2.17. The lowest BCUT2D eigenvalue weighted by molar-refractivity contribution is 0.0600. The average molecular weight is 425 g/mol. The third-order valence-electron chi connectivity index (χ3n) is 4.33. The zero-order valence-electron chi connectivity index (χ0n) is 15.3. The number of esters is 1. The molecule has 0 aromatic heterocycles. The molecule has 1 aliphatic rings. The summed E-state index contributed by atoms with van der Waals surface area (Å²) in [6, 6.07) is 10.7. The van der Waals surface area contributed by atoms with Gasteiger partial charge in [-0.05, 0) is 55.3 Å². The van der Waals surface area contributed by atoms with Gasteiger partial charge in [-0.2, -0.15) is 0 Å². The maximum atomic E-state index is 13.0. The van der Waals surface area contributed by atoms with E-state index >= 15 is 0 Å². The minimum absolute atomic E-state index is 0.0278. The van der Waals surface area contributed by atoms with Crippen LogP contribution in [0.15, 0.2) is 47.4 Å². The van der Waals surface area contributed by atoms with Gasteiger partial charge >= 0.3 is 5.97 Å². The third-order valence-corrected chi connectivity index (χ3v) is 6.01. The summed E-state index contributed by atoms with van der Waals surface area (Å²) in [6.45, 7) is 1.18. The summed E-state index contributed by atoms with van der Waals surface area (Å²) in [5.41, 5.74) is 0.879. The number of methoxy groups -OCH3 is 1. The first kappa shape index (κ1) is 20.4. The first-order valence-corrected chi connectivity index (χ1v) is 10.6. The minimum Gasteiger partial charge on any atom is -0.465 e. The Morgan fingerprint density at radius 1 is 1.25 bits per heavy atom. The van der Waals surface area contributed by atoms with Crippen LogP contribution in [0.4, 0.5) is 11.4 Å². The Morgan fingerprint density at radius 3 is 2.64 bits per heavy atom. The van der Waals surface area contributed by atoms with E-state index in [0.29, 0.717) is 29.5 Å². The summed E-state index contributed by atoms with van der Waals surface area (Å²) >= 11 is 5.85. The smallest absolute Gasteiger partial charge is 0.337 e. The second-order valence-electron chi connectivity index (χ2n) is 6.33. The van der Waals surface area contributed by atoms with Gasteiger partial charge in [0, 0.05) is 23.9 Å². The largest absolute Gasteiger partial charge is 0.465 e. The van der Waals surface area contributed by atoms with E-state index in [9.17, 15) is 13.2 Å². The Bertz CT molecular complexity index is 941. The number of halogens is 1. The molecule has 0 radical (unpaired) electrons. The van der Waals surface area contributed by atoms with E-state index in [1.165, 1.54) is 19.2 Å². The van der Waals surface area contributed by atoms with Crippen molar-refractivity contribution in [2.45, 2.75) is 23.8 Å². The van der Waals surface area contributed by atoms with Crippen LogP contribution in [0, 0.1) is 0 Å². The quantitative estimate of drug-likeness (QED) is 0.660. The summed E-state index contributed by atoms with van der Waals surface area (Å²) in [7, 11) is -2.73. The van der Waals surface area contributed by atoms with E-state index in [4.69, 9.17) is 21.1 Å². The number of carbonyl (C=O) groups is 1. The lowest BCUT2D eigenvalue weighted by Crippen LogP contribution is -2.21. The zero-order valence-corrected chi connectivity index (χ0v) is 16.8. The van der Waals surface area contributed by atoms with Crippen LogP contribution in [-0.4, -0.2) is 40.8 Å². The van der Waals surface area contributed by atoms with Crippen molar-refractivity contribution in [1.29, 1.82) is 0 Å². The van der Waals surface area contributed by atoms with Crippen molar-refractivity contribution in [2.75, 3.05) is 30.3 Å². The molecule has 0 bridgehead atoms. The summed E-state index contributed by atoms with van der Waals surface area (Å²) in [5, 5.41) is 3.62. The molecule has 28 heavy (non-hydrogen) atoms. The molecule has 2 N–H and O–H groups in total. The third kappa shape index (κ3) is 4.95. The van der Waals surface area contributed by atoms with E-state index in [1.807, 2.05) is 0 Å². The Balaban J connectivity index is 1.91. The second kappa shape index (κ2) is 8.81. The number of hydrogen-bond donors (Lipinski definition) is 2. The second-order valence-corrected chi connectivity index (χ2v) is 8.42. The molecule has 9 heteroatoms. The Hall–Kier alpha value is -2.29. The van der Waals surface area contributed by atoms with Gasteiger partial charge in [0.25, 0.3) is 10.0 Å². The molecule has 1 atom stereocenters. The molecule has 0 amide bonds. The topological polar surface area (TPSA) is 93.7 Å². The number of benzene rings is 2. The fourth-order valence-corrected chi connectivity index (χ4v) is 4.29. The van der Waals surface area contributed by atoms with Crippen LogP contribution in [0.5, 0.6) is 0 Å². The number of ether oxygens (including phenoxy) is 2. The van der Waals surface area contributed by atoms with E-state index < -0.39 is 16.0 Å². The molecule has 150 valence electrons. The molecule has 3 rings (SSSR count). The number of nitrogens with one attached hydrogen (secondary N) is 2. The predicted octanol–water partition coefficient (Wildman–Crippen LogP) is 3.52. The highest BCUT2D eigenvalue weighted by Gasteiger charge is 2.23. The molecule has 1 heterocycles. The van der Waals surface area contributed by atoms with Crippen molar-refractivity contribution in [3.63, 3.8) is 0 Å². The highest BCUT2D eigenvalue weighted by Crippen LogP contribution is 2.27. The van der Waals surface area contributed by atoms with Crippen molar-refractivity contribution >= 4 is 39.0 Å². The molecule has 2 aromatic rings. The first-order chi connectivity index (χ1) is 13.4. The van der Waals surface area contributed by atoms with Gasteiger partial charge in [-0.15, -0.1) is 0 Å². The van der Waals surface area contributed by atoms with Gasteiger partial charge < -0.3 is 14.8 Å². The standard InChI is InChI=1S/C19H21ClN2O5S/c1-26-19(23)13-4-9-17(21-12-16-3-2-10-27-16)18(11-13)28(24,25)22-15-7-5-14(20)6-8-15/h4-9,11,16,21-22H,2-3,10,12H2,1H3. The van der Waals surface area contributed by atoms with Crippen LogP contribution in [0.2, 0.25) is 5.02 Å². The molecule has 0 spiro atoms. The molecule has 7 nitrogen and oxygen atoms in total. The molecule has 0 aliphatic carbocycles. The Morgan fingerprint density at radius 2 is 2.00 bits per heavy atom. The van der Waals surface area contributed by atoms with Gasteiger partial charge in [0.2, 0.25) is 0 Å². The lowest BCUT2D eigenvalue weighted by atomic mass is 10.2. The average Bonchev–Trinajstić information content (AvgIpc) is 3.21. The molecule has 1 saturated heterocycles. The van der Waals surface area contributed by atoms with Crippen molar-refractivity contribution in [3.05, 3.63) is 53.1 Å². The molecular weight excluding hydrogens is 404 g/mol. The van der Waals surface area contributed by atoms with Gasteiger partial charge in [0.05, 0.1) is 24.5 Å². The Kier molecular flexibility index (Phi) is 6.43. The normalized spacial score (nSPS) is 16.6. The van der Waals surface area contributed by atoms with Crippen LogP contribution in [0.25, 0.3) is 0 Å². The van der Waals surface area contributed by atoms with Crippen molar-refractivity contribution in [1.82, 2.24) is 0 Å². The number of carbonyl (C=O) groups excluding carboxylic acids is 1. The summed E-state index contributed by atoms with van der Waals surface area (Å²) < 4.78 is 38.8. The maximum absolute atomic E-state index is 13.0. The van der Waals surface area contributed by atoms with Gasteiger partial charge in [-0.25, -0.2) is 13.2 Å². The predicted molar refractivity (Wildman–Crippen MR) is 108 cm³/mol. The van der Waals surface area contributed by atoms with Crippen LogP contribution in [-0.2, 0) is 19.5 Å². The van der Waals surface area contributed by atoms with Crippen LogP contribution >= 0.6 is 11.6 Å². The number of anilines is 2. The molecule has 1 fully saturated rings. The van der Waals surface area contributed by atoms with Crippen molar-refractivity contribution in [2.24, 2.45) is 0 Å². The Labute approximate surface area is 169 Å². The molecule has 0 saturated carbocycles. The zero-order chi connectivity index (χ0) is 20.1. The van der Waals surface area contributed by atoms with Gasteiger partial charge in [-0.3, -0.25) is 4.72 Å².